The smallest absolute Gasteiger partial charge is 0.246 e. The molecule has 1 aromatic rings. The standard InChI is InChI=1S/C12H16FNO3S2/c13-11-8-10(9-15)2-3-12(11)19(16,17)14-4-1-6-18-7-5-14/h2-3,8,15H,1,4-7,9H2. The number of benzene rings is 1. The fraction of sp³-hybridized carbons (Fsp3) is 0.500. The van der Waals surface area contributed by atoms with Gasteiger partial charge in [0.15, 0.2) is 0 Å². The van der Waals surface area contributed by atoms with Gasteiger partial charge in [-0.3, -0.25) is 0 Å². The zero-order chi connectivity index (χ0) is 13.9. The Kier molecular flexibility index (Phi) is 4.83. The number of aliphatic hydroxyl groups is 1. The molecule has 1 saturated heterocycles. The molecular weight excluding hydrogens is 289 g/mol. The van der Waals surface area contributed by atoms with Crippen LogP contribution in [0.25, 0.3) is 0 Å². The van der Waals surface area contributed by atoms with Gasteiger partial charge in [0, 0.05) is 18.8 Å². The first-order valence-corrected chi connectivity index (χ1v) is 8.62. The highest BCUT2D eigenvalue weighted by Crippen LogP contribution is 2.23. The van der Waals surface area contributed by atoms with Crippen LogP contribution in [0.2, 0.25) is 0 Å². The minimum Gasteiger partial charge on any atom is -0.392 e. The Balaban J connectivity index is 2.32. The largest absolute Gasteiger partial charge is 0.392 e. The second-order valence-electron chi connectivity index (χ2n) is 4.29. The highest BCUT2D eigenvalue weighted by molar-refractivity contribution is 7.99. The summed E-state index contributed by atoms with van der Waals surface area (Å²) in [4.78, 5) is -0.309. The number of aliphatic hydroxyl groups excluding tert-OH is 1. The topological polar surface area (TPSA) is 57.6 Å². The number of nitrogens with zero attached hydrogens (tertiary/aromatic N) is 1. The molecule has 0 radical (unpaired) electrons. The maximum absolute atomic E-state index is 13.9. The van der Waals surface area contributed by atoms with Crippen molar-refractivity contribution in [3.05, 3.63) is 29.6 Å². The van der Waals surface area contributed by atoms with Crippen LogP contribution in [0.15, 0.2) is 23.1 Å². The number of hydrogen-bond acceptors (Lipinski definition) is 4. The Morgan fingerprint density at radius 1 is 1.32 bits per heavy atom. The van der Waals surface area contributed by atoms with Gasteiger partial charge in [-0.25, -0.2) is 12.8 Å². The average molecular weight is 305 g/mol. The molecule has 0 aromatic heterocycles. The Morgan fingerprint density at radius 3 is 2.79 bits per heavy atom. The van der Waals surface area contributed by atoms with Crippen LogP contribution in [0.3, 0.4) is 0 Å². The van der Waals surface area contributed by atoms with Crippen molar-refractivity contribution in [3.63, 3.8) is 0 Å². The molecule has 7 heteroatoms. The molecule has 19 heavy (non-hydrogen) atoms. The van der Waals surface area contributed by atoms with Crippen LogP contribution in [0.1, 0.15) is 12.0 Å². The number of halogens is 1. The van der Waals surface area contributed by atoms with Crippen LogP contribution < -0.4 is 0 Å². The zero-order valence-corrected chi connectivity index (χ0v) is 12.0. The van der Waals surface area contributed by atoms with E-state index in [1.807, 2.05) is 0 Å². The first-order chi connectivity index (χ1) is 9.05. The summed E-state index contributed by atoms with van der Waals surface area (Å²) in [5, 5.41) is 8.91. The van der Waals surface area contributed by atoms with Crippen LogP contribution in [-0.2, 0) is 16.6 Å². The second kappa shape index (κ2) is 6.21. The first-order valence-electron chi connectivity index (χ1n) is 6.03. The number of rotatable bonds is 3. The maximum Gasteiger partial charge on any atom is 0.246 e. The van der Waals surface area contributed by atoms with E-state index in [2.05, 4.69) is 0 Å². The van der Waals surface area contributed by atoms with E-state index in [0.29, 0.717) is 18.7 Å². The van der Waals surface area contributed by atoms with Crippen molar-refractivity contribution in [2.45, 2.75) is 17.9 Å². The van der Waals surface area contributed by atoms with Crippen LogP contribution in [0.5, 0.6) is 0 Å². The summed E-state index contributed by atoms with van der Waals surface area (Å²) in [6.45, 7) is 0.530. The van der Waals surface area contributed by atoms with Gasteiger partial charge < -0.3 is 5.11 Å². The number of hydrogen-bond donors (Lipinski definition) is 1. The molecule has 1 aromatic carbocycles. The summed E-state index contributed by atoms with van der Waals surface area (Å²) in [5.74, 6) is 0.858. The van der Waals surface area contributed by atoms with Gasteiger partial charge in [-0.2, -0.15) is 16.1 Å². The van der Waals surface area contributed by atoms with Crippen LogP contribution >= 0.6 is 11.8 Å². The van der Waals surface area contributed by atoms with Crippen molar-refractivity contribution in [2.24, 2.45) is 0 Å². The van der Waals surface area contributed by atoms with Crippen molar-refractivity contribution in [3.8, 4) is 0 Å². The highest BCUT2D eigenvalue weighted by atomic mass is 32.2. The Morgan fingerprint density at radius 2 is 2.11 bits per heavy atom. The van der Waals surface area contributed by atoms with E-state index in [9.17, 15) is 12.8 Å². The van der Waals surface area contributed by atoms with Crippen molar-refractivity contribution >= 4 is 21.8 Å². The first kappa shape index (κ1) is 14.8. The monoisotopic (exact) mass is 305 g/mol. The molecule has 1 aliphatic rings. The van der Waals surface area contributed by atoms with Crippen molar-refractivity contribution in [1.29, 1.82) is 0 Å². The molecule has 0 amide bonds. The van der Waals surface area contributed by atoms with E-state index in [-0.39, 0.29) is 11.5 Å². The Hall–Kier alpha value is -0.630. The van der Waals surface area contributed by atoms with Gasteiger partial charge in [0.25, 0.3) is 0 Å². The summed E-state index contributed by atoms with van der Waals surface area (Å²) in [6, 6.07) is 3.73. The minimum absolute atomic E-state index is 0.308. The minimum atomic E-state index is -3.78. The van der Waals surface area contributed by atoms with E-state index in [1.54, 1.807) is 11.8 Å². The molecule has 106 valence electrons. The third-order valence-electron chi connectivity index (χ3n) is 2.98. The molecule has 0 aliphatic carbocycles. The van der Waals surface area contributed by atoms with Gasteiger partial charge in [-0.15, -0.1) is 0 Å². The molecule has 4 nitrogen and oxygen atoms in total. The SMILES string of the molecule is O=S(=O)(c1ccc(CO)cc1F)N1CCCSCC1. The molecular formula is C12H16FNO3S2. The van der Waals surface area contributed by atoms with Gasteiger partial charge in [0.05, 0.1) is 6.61 Å². The molecule has 0 spiro atoms. The maximum atomic E-state index is 13.9. The third-order valence-corrected chi connectivity index (χ3v) is 5.96. The number of thioether (sulfide) groups is 1. The highest BCUT2D eigenvalue weighted by Gasteiger charge is 2.27. The lowest BCUT2D eigenvalue weighted by atomic mass is 10.2. The predicted molar refractivity (Wildman–Crippen MR) is 73.0 cm³/mol. The lowest BCUT2D eigenvalue weighted by Crippen LogP contribution is -2.33. The second-order valence-corrected chi connectivity index (χ2v) is 7.42. The molecule has 0 saturated carbocycles. The average Bonchev–Trinajstić information content (AvgIpc) is 2.67. The molecule has 0 unspecified atom stereocenters. The van der Waals surface area contributed by atoms with E-state index in [0.717, 1.165) is 24.0 Å². The van der Waals surface area contributed by atoms with E-state index in [4.69, 9.17) is 5.11 Å². The van der Waals surface area contributed by atoms with Gasteiger partial charge >= 0.3 is 0 Å². The third kappa shape index (κ3) is 3.28. The van der Waals surface area contributed by atoms with Crippen LogP contribution in [0.4, 0.5) is 4.39 Å². The molecule has 1 heterocycles. The summed E-state index contributed by atoms with van der Waals surface area (Å²) in [6.07, 6.45) is 0.778. The van der Waals surface area contributed by atoms with E-state index < -0.39 is 15.8 Å². The van der Waals surface area contributed by atoms with Gasteiger partial charge in [0.1, 0.15) is 10.7 Å². The lowest BCUT2D eigenvalue weighted by molar-refractivity contribution is 0.281. The normalized spacial score (nSPS) is 18.2. The quantitative estimate of drug-likeness (QED) is 0.918. The molecule has 1 N–H and O–H groups in total. The van der Waals surface area contributed by atoms with Crippen molar-refractivity contribution < 1.29 is 17.9 Å². The van der Waals surface area contributed by atoms with E-state index >= 15 is 0 Å². The van der Waals surface area contributed by atoms with Gasteiger partial charge in [0.2, 0.25) is 10.0 Å². The van der Waals surface area contributed by atoms with E-state index in [1.165, 1.54) is 16.4 Å². The summed E-state index contributed by atoms with van der Waals surface area (Å²) in [7, 11) is -3.78. The fourth-order valence-electron chi connectivity index (χ4n) is 1.95. The lowest BCUT2D eigenvalue weighted by Gasteiger charge is -2.20. The van der Waals surface area contributed by atoms with Gasteiger partial charge in [-0.05, 0) is 29.9 Å². The number of sulfonamides is 1. The Labute approximate surface area is 116 Å². The summed E-state index contributed by atoms with van der Waals surface area (Å²) in [5.41, 5.74) is 0.364. The molecule has 1 aliphatic heterocycles. The zero-order valence-electron chi connectivity index (χ0n) is 10.4. The molecule has 2 rings (SSSR count). The fourth-order valence-corrected chi connectivity index (χ4v) is 4.48. The predicted octanol–water partition coefficient (Wildman–Crippen LogP) is 1.45. The summed E-state index contributed by atoms with van der Waals surface area (Å²) >= 11 is 1.71. The summed E-state index contributed by atoms with van der Waals surface area (Å²) < 4.78 is 40.0. The van der Waals surface area contributed by atoms with Crippen LogP contribution in [0, 0.1) is 5.82 Å². The van der Waals surface area contributed by atoms with Gasteiger partial charge in [-0.1, -0.05) is 6.07 Å². The van der Waals surface area contributed by atoms with Crippen LogP contribution in [-0.4, -0.2) is 42.4 Å². The molecule has 1 fully saturated rings. The van der Waals surface area contributed by atoms with Crippen molar-refractivity contribution in [1.82, 2.24) is 4.31 Å². The Bertz CT molecular complexity index is 540. The molecule has 0 bridgehead atoms. The van der Waals surface area contributed by atoms with Crippen molar-refractivity contribution in [2.75, 3.05) is 24.6 Å². The molecule has 0 atom stereocenters.